The average Bonchev–Trinajstić information content (AvgIpc) is 3.18. The molecule has 0 amide bonds. The summed E-state index contributed by atoms with van der Waals surface area (Å²) in [5.74, 6) is 6.70. The molecule has 26 heavy (non-hydrogen) atoms. The lowest BCUT2D eigenvalue weighted by molar-refractivity contribution is 0.627. The first-order valence-electron chi connectivity index (χ1n) is 8.12. The molecule has 2 aromatic heterocycles. The average molecular weight is 339 g/mol. The van der Waals surface area contributed by atoms with Gasteiger partial charge in [-0.05, 0) is 54.5 Å². The van der Waals surface area contributed by atoms with Crippen molar-refractivity contribution in [3.05, 3.63) is 102 Å². The lowest BCUT2D eigenvalue weighted by atomic mass is 10.1. The molecule has 4 aromatic rings. The van der Waals surface area contributed by atoms with E-state index in [1.165, 1.54) is 12.1 Å². The van der Waals surface area contributed by atoms with Crippen molar-refractivity contribution < 1.29 is 4.39 Å². The highest BCUT2D eigenvalue weighted by molar-refractivity contribution is 5.61. The third-order valence-corrected chi connectivity index (χ3v) is 3.87. The number of aromatic nitrogens is 3. The number of nitrogens with zero attached hydrogens (tertiary/aromatic N) is 3. The molecule has 4 rings (SSSR count). The zero-order chi connectivity index (χ0) is 17.8. The number of hydrogen-bond donors (Lipinski definition) is 0. The van der Waals surface area contributed by atoms with Gasteiger partial charge in [-0.1, -0.05) is 24.1 Å². The standard InChI is InChI=1S/C22H14FN3/c23-19-8-11-21(12-9-19)26-15-14-25-22(26)18-5-3-4-17(16-18)7-10-20-6-1-2-13-24-20/h1-6,8-9,11-16H. The molecule has 2 aromatic carbocycles. The summed E-state index contributed by atoms with van der Waals surface area (Å²) < 4.78 is 15.1. The summed E-state index contributed by atoms with van der Waals surface area (Å²) in [6, 6.07) is 19.8. The molecule has 0 radical (unpaired) electrons. The highest BCUT2D eigenvalue weighted by Crippen LogP contribution is 2.22. The van der Waals surface area contributed by atoms with Crippen molar-refractivity contribution in [3.8, 4) is 28.9 Å². The second kappa shape index (κ2) is 7.04. The van der Waals surface area contributed by atoms with Crippen molar-refractivity contribution in [2.45, 2.75) is 0 Å². The first-order chi connectivity index (χ1) is 12.8. The Morgan fingerprint density at radius 3 is 2.50 bits per heavy atom. The Morgan fingerprint density at radius 1 is 0.808 bits per heavy atom. The first kappa shape index (κ1) is 15.8. The van der Waals surface area contributed by atoms with Crippen LogP contribution in [0, 0.1) is 17.7 Å². The number of pyridine rings is 1. The number of benzene rings is 2. The molecule has 0 bridgehead atoms. The van der Waals surface area contributed by atoms with Gasteiger partial charge in [-0.2, -0.15) is 0 Å². The summed E-state index contributed by atoms with van der Waals surface area (Å²) >= 11 is 0. The minimum atomic E-state index is -0.262. The molecule has 0 N–H and O–H groups in total. The Bertz CT molecular complexity index is 1090. The van der Waals surface area contributed by atoms with E-state index in [1.807, 2.05) is 53.2 Å². The summed E-state index contributed by atoms with van der Waals surface area (Å²) in [6.45, 7) is 0. The molecule has 3 nitrogen and oxygen atoms in total. The Hall–Kier alpha value is -3.71. The van der Waals surface area contributed by atoms with E-state index in [0.29, 0.717) is 0 Å². The Balaban J connectivity index is 1.69. The van der Waals surface area contributed by atoms with Crippen molar-refractivity contribution in [3.63, 3.8) is 0 Å². The van der Waals surface area contributed by atoms with Crippen LogP contribution in [0.15, 0.2) is 85.3 Å². The third kappa shape index (κ3) is 3.38. The van der Waals surface area contributed by atoms with Crippen LogP contribution >= 0.6 is 0 Å². The van der Waals surface area contributed by atoms with Crippen LogP contribution in [0.3, 0.4) is 0 Å². The normalized spacial score (nSPS) is 10.2. The second-order valence-electron chi connectivity index (χ2n) is 5.64. The highest BCUT2D eigenvalue weighted by Gasteiger charge is 2.08. The Kier molecular flexibility index (Phi) is 4.28. The van der Waals surface area contributed by atoms with Crippen molar-refractivity contribution in [2.24, 2.45) is 0 Å². The fraction of sp³-hybridized carbons (Fsp3) is 0. The molecule has 0 aliphatic heterocycles. The largest absolute Gasteiger partial charge is 0.300 e. The minimum absolute atomic E-state index is 0.262. The Labute approximate surface area is 150 Å². The molecule has 0 saturated heterocycles. The molecule has 4 heteroatoms. The van der Waals surface area contributed by atoms with Crippen LogP contribution in [0.2, 0.25) is 0 Å². The van der Waals surface area contributed by atoms with Crippen LogP contribution in [0.4, 0.5) is 4.39 Å². The molecule has 0 spiro atoms. The van der Waals surface area contributed by atoms with Gasteiger partial charge in [0, 0.05) is 35.4 Å². The van der Waals surface area contributed by atoms with E-state index in [-0.39, 0.29) is 5.82 Å². The fourth-order valence-electron chi connectivity index (χ4n) is 2.64. The maximum atomic E-state index is 13.2. The van der Waals surface area contributed by atoms with E-state index in [2.05, 4.69) is 21.8 Å². The highest BCUT2D eigenvalue weighted by atomic mass is 19.1. The van der Waals surface area contributed by atoms with Crippen LogP contribution in [0.1, 0.15) is 11.3 Å². The zero-order valence-corrected chi connectivity index (χ0v) is 13.8. The van der Waals surface area contributed by atoms with Gasteiger partial charge in [-0.25, -0.2) is 14.4 Å². The van der Waals surface area contributed by atoms with Gasteiger partial charge in [-0.15, -0.1) is 0 Å². The van der Waals surface area contributed by atoms with Gasteiger partial charge < -0.3 is 0 Å². The van der Waals surface area contributed by atoms with Gasteiger partial charge in [0.25, 0.3) is 0 Å². The smallest absolute Gasteiger partial charge is 0.144 e. The quantitative estimate of drug-likeness (QED) is 0.504. The van der Waals surface area contributed by atoms with E-state index in [4.69, 9.17) is 0 Å². The Morgan fingerprint density at radius 2 is 1.69 bits per heavy atom. The van der Waals surface area contributed by atoms with Crippen LogP contribution < -0.4 is 0 Å². The van der Waals surface area contributed by atoms with E-state index < -0.39 is 0 Å². The molecule has 0 aliphatic rings. The molecule has 0 saturated carbocycles. The summed E-state index contributed by atoms with van der Waals surface area (Å²) in [5, 5.41) is 0. The maximum absolute atomic E-state index is 13.2. The number of halogens is 1. The topological polar surface area (TPSA) is 30.7 Å². The van der Waals surface area contributed by atoms with E-state index in [1.54, 1.807) is 24.5 Å². The zero-order valence-electron chi connectivity index (χ0n) is 13.8. The molecule has 124 valence electrons. The third-order valence-electron chi connectivity index (χ3n) is 3.87. The van der Waals surface area contributed by atoms with Gasteiger partial charge in [0.05, 0.1) is 0 Å². The molecule has 0 fully saturated rings. The monoisotopic (exact) mass is 339 g/mol. The van der Waals surface area contributed by atoms with E-state index >= 15 is 0 Å². The predicted octanol–water partition coefficient (Wildman–Crippen LogP) is 4.47. The van der Waals surface area contributed by atoms with Crippen LogP contribution in [-0.2, 0) is 0 Å². The first-order valence-corrected chi connectivity index (χ1v) is 8.12. The van der Waals surface area contributed by atoms with Gasteiger partial charge in [0.1, 0.15) is 17.3 Å². The molecular weight excluding hydrogens is 325 g/mol. The van der Waals surface area contributed by atoms with Gasteiger partial charge in [0.15, 0.2) is 0 Å². The van der Waals surface area contributed by atoms with Crippen molar-refractivity contribution in [2.75, 3.05) is 0 Å². The van der Waals surface area contributed by atoms with Crippen LogP contribution in [0.5, 0.6) is 0 Å². The SMILES string of the molecule is Fc1ccc(-n2ccnc2-c2cccc(C#Cc3ccccn3)c2)cc1. The van der Waals surface area contributed by atoms with E-state index in [9.17, 15) is 4.39 Å². The fourth-order valence-corrected chi connectivity index (χ4v) is 2.64. The lowest BCUT2D eigenvalue weighted by Crippen LogP contribution is -1.96. The van der Waals surface area contributed by atoms with Crippen molar-refractivity contribution >= 4 is 0 Å². The van der Waals surface area contributed by atoms with E-state index in [0.717, 1.165) is 28.3 Å². The molecule has 0 aliphatic carbocycles. The van der Waals surface area contributed by atoms with Crippen molar-refractivity contribution in [1.82, 2.24) is 14.5 Å². The summed E-state index contributed by atoms with van der Waals surface area (Å²) in [4.78, 5) is 8.66. The van der Waals surface area contributed by atoms with Crippen LogP contribution in [-0.4, -0.2) is 14.5 Å². The number of imidazole rings is 1. The molecule has 0 atom stereocenters. The number of rotatable bonds is 2. The van der Waals surface area contributed by atoms with Gasteiger partial charge in [0.2, 0.25) is 0 Å². The molecular formula is C22H14FN3. The van der Waals surface area contributed by atoms with Crippen molar-refractivity contribution in [1.29, 1.82) is 0 Å². The lowest BCUT2D eigenvalue weighted by Gasteiger charge is -2.08. The maximum Gasteiger partial charge on any atom is 0.144 e. The molecule has 2 heterocycles. The minimum Gasteiger partial charge on any atom is -0.300 e. The summed E-state index contributed by atoms with van der Waals surface area (Å²) in [5.41, 5.74) is 3.39. The summed E-state index contributed by atoms with van der Waals surface area (Å²) in [6.07, 6.45) is 5.31. The van der Waals surface area contributed by atoms with Crippen LogP contribution in [0.25, 0.3) is 17.1 Å². The second-order valence-corrected chi connectivity index (χ2v) is 5.64. The van der Waals surface area contributed by atoms with Gasteiger partial charge in [-0.3, -0.25) is 4.57 Å². The number of hydrogen-bond acceptors (Lipinski definition) is 2. The van der Waals surface area contributed by atoms with Gasteiger partial charge >= 0.3 is 0 Å². The predicted molar refractivity (Wildman–Crippen MR) is 99.2 cm³/mol. The summed E-state index contributed by atoms with van der Waals surface area (Å²) in [7, 11) is 0. The molecule has 0 unspecified atom stereocenters.